The fraction of sp³-hybridized carbons (Fsp3) is 0.0769. The molecule has 2 rings (SSSR count). The van der Waals surface area contributed by atoms with Crippen molar-refractivity contribution >= 4 is 17.4 Å². The van der Waals surface area contributed by atoms with E-state index in [0.29, 0.717) is 22.1 Å². The highest BCUT2D eigenvalue weighted by atomic mass is 35.5. The van der Waals surface area contributed by atoms with Gasteiger partial charge in [-0.05, 0) is 24.3 Å². The second-order valence-electron chi connectivity index (χ2n) is 3.62. The predicted octanol–water partition coefficient (Wildman–Crippen LogP) is 3.36. The lowest BCUT2D eigenvalue weighted by molar-refractivity contribution is 0.612. The quantitative estimate of drug-likeness (QED) is 0.862. The molecule has 0 radical (unpaired) electrons. The summed E-state index contributed by atoms with van der Waals surface area (Å²) in [5, 5.41) is 12.0. The maximum absolute atomic E-state index is 13.6. The minimum atomic E-state index is -0.413. The first kappa shape index (κ1) is 12.3. The number of nitrogens with one attached hydrogen (secondary N) is 1. The average molecular weight is 262 g/mol. The zero-order chi connectivity index (χ0) is 13.0. The van der Waals surface area contributed by atoms with Crippen molar-refractivity contribution in [3.63, 3.8) is 0 Å². The number of pyridine rings is 1. The number of aromatic nitrogens is 1. The van der Waals surface area contributed by atoms with E-state index < -0.39 is 5.82 Å². The van der Waals surface area contributed by atoms with Gasteiger partial charge in [-0.25, -0.2) is 9.37 Å². The minimum absolute atomic E-state index is 0.283. The van der Waals surface area contributed by atoms with Crippen molar-refractivity contribution in [1.82, 2.24) is 4.98 Å². The standard InChI is InChI=1S/C13H9ClFN3/c14-12-2-1-3-13(18-12)17-8-10-5-4-9(7-16)6-11(10)15/h1-6H,8H2,(H,17,18). The van der Waals surface area contributed by atoms with Crippen molar-refractivity contribution < 1.29 is 4.39 Å². The molecule has 1 N–H and O–H groups in total. The first-order valence-electron chi connectivity index (χ1n) is 5.24. The van der Waals surface area contributed by atoms with Gasteiger partial charge in [0.15, 0.2) is 0 Å². The number of hydrogen-bond acceptors (Lipinski definition) is 3. The molecule has 0 fully saturated rings. The van der Waals surface area contributed by atoms with Crippen molar-refractivity contribution in [3.05, 3.63) is 58.5 Å². The predicted molar refractivity (Wildman–Crippen MR) is 67.7 cm³/mol. The molecule has 0 atom stereocenters. The van der Waals surface area contributed by atoms with Gasteiger partial charge in [0.1, 0.15) is 16.8 Å². The summed E-state index contributed by atoms with van der Waals surface area (Å²) in [6.45, 7) is 0.283. The summed E-state index contributed by atoms with van der Waals surface area (Å²) in [5.74, 6) is 0.162. The summed E-state index contributed by atoms with van der Waals surface area (Å²) in [7, 11) is 0. The summed E-state index contributed by atoms with van der Waals surface area (Å²) in [6, 6.07) is 11.4. The summed E-state index contributed by atoms with van der Waals surface area (Å²) in [6.07, 6.45) is 0. The number of halogens is 2. The van der Waals surface area contributed by atoms with E-state index in [1.54, 1.807) is 30.3 Å². The molecule has 0 saturated carbocycles. The molecule has 0 aliphatic carbocycles. The number of nitrogens with zero attached hydrogens (tertiary/aromatic N) is 2. The third-order valence-corrected chi connectivity index (χ3v) is 2.57. The lowest BCUT2D eigenvalue weighted by atomic mass is 10.1. The molecule has 90 valence electrons. The van der Waals surface area contributed by atoms with Crippen LogP contribution < -0.4 is 5.32 Å². The molecule has 0 bridgehead atoms. The zero-order valence-electron chi connectivity index (χ0n) is 9.32. The van der Waals surface area contributed by atoms with Crippen molar-refractivity contribution in [3.8, 4) is 6.07 Å². The Kier molecular flexibility index (Phi) is 3.75. The van der Waals surface area contributed by atoms with Crippen LogP contribution in [0.1, 0.15) is 11.1 Å². The van der Waals surface area contributed by atoms with Crippen LogP contribution in [-0.4, -0.2) is 4.98 Å². The van der Waals surface area contributed by atoms with Gasteiger partial charge in [0.05, 0.1) is 11.6 Å². The van der Waals surface area contributed by atoms with E-state index in [-0.39, 0.29) is 6.54 Å². The first-order chi connectivity index (χ1) is 8.69. The number of rotatable bonds is 3. The molecule has 3 nitrogen and oxygen atoms in total. The molecule has 1 aromatic heterocycles. The van der Waals surface area contributed by atoms with Crippen molar-refractivity contribution in [1.29, 1.82) is 5.26 Å². The molecule has 18 heavy (non-hydrogen) atoms. The Morgan fingerprint density at radius 3 is 2.83 bits per heavy atom. The molecule has 0 aliphatic heterocycles. The van der Waals surface area contributed by atoms with E-state index in [4.69, 9.17) is 16.9 Å². The molecule has 1 heterocycles. The first-order valence-corrected chi connectivity index (χ1v) is 5.62. The topological polar surface area (TPSA) is 48.7 Å². The largest absolute Gasteiger partial charge is 0.366 e. The van der Waals surface area contributed by atoms with Crippen molar-refractivity contribution in [2.75, 3.05) is 5.32 Å². The van der Waals surface area contributed by atoms with Crippen LogP contribution in [0, 0.1) is 17.1 Å². The van der Waals surface area contributed by atoms with Gasteiger partial charge in [-0.3, -0.25) is 0 Å². The fourth-order valence-electron chi connectivity index (χ4n) is 1.45. The summed E-state index contributed by atoms with van der Waals surface area (Å²) >= 11 is 5.74. The molecular weight excluding hydrogens is 253 g/mol. The third-order valence-electron chi connectivity index (χ3n) is 2.36. The number of benzene rings is 1. The Morgan fingerprint density at radius 1 is 1.33 bits per heavy atom. The van der Waals surface area contributed by atoms with Crippen LogP contribution in [0.4, 0.5) is 10.2 Å². The highest BCUT2D eigenvalue weighted by Crippen LogP contribution is 2.13. The van der Waals surface area contributed by atoms with E-state index in [2.05, 4.69) is 10.3 Å². The number of anilines is 1. The molecule has 0 spiro atoms. The van der Waals surface area contributed by atoms with Crippen LogP contribution in [0.25, 0.3) is 0 Å². The van der Waals surface area contributed by atoms with Crippen LogP contribution in [0.2, 0.25) is 5.15 Å². The molecule has 0 saturated heterocycles. The van der Waals surface area contributed by atoms with E-state index in [9.17, 15) is 4.39 Å². The van der Waals surface area contributed by atoms with Crippen molar-refractivity contribution in [2.24, 2.45) is 0 Å². The Bertz CT molecular complexity index is 607. The fourth-order valence-corrected chi connectivity index (χ4v) is 1.62. The monoisotopic (exact) mass is 261 g/mol. The Hall–Kier alpha value is -2.12. The van der Waals surface area contributed by atoms with Gasteiger partial charge in [-0.1, -0.05) is 23.7 Å². The van der Waals surface area contributed by atoms with E-state index >= 15 is 0 Å². The van der Waals surface area contributed by atoms with Crippen LogP contribution >= 0.6 is 11.6 Å². The van der Waals surface area contributed by atoms with Gasteiger partial charge in [-0.15, -0.1) is 0 Å². The van der Waals surface area contributed by atoms with Crippen LogP contribution in [-0.2, 0) is 6.54 Å². The average Bonchev–Trinajstić information content (AvgIpc) is 2.37. The minimum Gasteiger partial charge on any atom is -0.366 e. The normalized spacial score (nSPS) is 9.83. The van der Waals surface area contributed by atoms with E-state index in [1.807, 2.05) is 6.07 Å². The van der Waals surface area contributed by atoms with Gasteiger partial charge < -0.3 is 5.32 Å². The highest BCUT2D eigenvalue weighted by Gasteiger charge is 2.04. The van der Waals surface area contributed by atoms with Crippen molar-refractivity contribution in [2.45, 2.75) is 6.54 Å². The van der Waals surface area contributed by atoms with Gasteiger partial charge >= 0.3 is 0 Å². The third kappa shape index (κ3) is 2.96. The van der Waals surface area contributed by atoms with Gasteiger partial charge in [-0.2, -0.15) is 5.26 Å². The van der Waals surface area contributed by atoms with Crippen LogP contribution in [0.5, 0.6) is 0 Å². The van der Waals surface area contributed by atoms with Crippen LogP contribution in [0.15, 0.2) is 36.4 Å². The van der Waals surface area contributed by atoms with Gasteiger partial charge in [0, 0.05) is 12.1 Å². The summed E-state index contributed by atoms with van der Waals surface area (Å²) in [4.78, 5) is 4.03. The second kappa shape index (κ2) is 5.48. The molecule has 5 heteroatoms. The second-order valence-corrected chi connectivity index (χ2v) is 4.00. The van der Waals surface area contributed by atoms with Crippen LogP contribution in [0.3, 0.4) is 0 Å². The highest BCUT2D eigenvalue weighted by molar-refractivity contribution is 6.29. The van der Waals surface area contributed by atoms with Gasteiger partial charge in [0.2, 0.25) is 0 Å². The Balaban J connectivity index is 2.09. The molecule has 2 aromatic rings. The molecule has 0 aliphatic rings. The molecular formula is C13H9ClFN3. The number of nitriles is 1. The summed E-state index contributed by atoms with van der Waals surface area (Å²) < 4.78 is 13.6. The van der Waals surface area contributed by atoms with E-state index in [1.165, 1.54) is 6.07 Å². The van der Waals surface area contributed by atoms with Gasteiger partial charge in [0.25, 0.3) is 0 Å². The lowest BCUT2D eigenvalue weighted by Crippen LogP contribution is -2.03. The van der Waals surface area contributed by atoms with E-state index in [0.717, 1.165) is 0 Å². The zero-order valence-corrected chi connectivity index (χ0v) is 10.1. The molecule has 0 unspecified atom stereocenters. The lowest BCUT2D eigenvalue weighted by Gasteiger charge is -2.07. The smallest absolute Gasteiger partial charge is 0.131 e. The Morgan fingerprint density at radius 2 is 2.17 bits per heavy atom. The summed E-state index contributed by atoms with van der Waals surface area (Å²) in [5.41, 5.74) is 0.771. The SMILES string of the molecule is N#Cc1ccc(CNc2cccc(Cl)n2)c(F)c1. The molecule has 1 aromatic carbocycles. The maximum atomic E-state index is 13.6. The number of hydrogen-bond donors (Lipinski definition) is 1. The maximum Gasteiger partial charge on any atom is 0.131 e. The Labute approximate surface area is 109 Å². The molecule has 0 amide bonds.